The summed E-state index contributed by atoms with van der Waals surface area (Å²) in [4.78, 5) is 15.1. The first-order chi connectivity index (χ1) is 11.8. The third kappa shape index (κ3) is 9.55. The number of hydrogen-bond acceptors (Lipinski definition) is 4. The van der Waals surface area contributed by atoms with Gasteiger partial charge < -0.3 is 20.1 Å². The zero-order valence-corrected chi connectivity index (χ0v) is 14.2. The fourth-order valence-electron chi connectivity index (χ4n) is 1.83. The van der Waals surface area contributed by atoms with E-state index in [0.717, 1.165) is 5.56 Å². The van der Waals surface area contributed by atoms with Gasteiger partial charge in [0.25, 0.3) is 0 Å². The van der Waals surface area contributed by atoms with Gasteiger partial charge in [0.1, 0.15) is 6.61 Å². The Morgan fingerprint density at radius 3 is 2.36 bits per heavy atom. The van der Waals surface area contributed by atoms with Gasteiger partial charge in [-0.15, -0.1) is 0 Å². The fourth-order valence-corrected chi connectivity index (χ4v) is 1.83. The van der Waals surface area contributed by atoms with Crippen LogP contribution in [0.1, 0.15) is 17.5 Å². The second-order valence-corrected chi connectivity index (χ2v) is 5.10. The summed E-state index contributed by atoms with van der Waals surface area (Å²) in [5.74, 6) is 0.216. The average molecular weight is 361 g/mol. The maximum Gasteiger partial charge on any atom is 0.411 e. The van der Waals surface area contributed by atoms with E-state index in [0.29, 0.717) is 24.6 Å². The molecule has 0 saturated heterocycles. The van der Waals surface area contributed by atoms with Crippen molar-refractivity contribution in [1.29, 1.82) is 0 Å². The lowest BCUT2D eigenvalue weighted by Crippen LogP contribution is -2.37. The van der Waals surface area contributed by atoms with Crippen molar-refractivity contribution in [2.75, 3.05) is 27.3 Å². The van der Waals surface area contributed by atoms with Crippen LogP contribution < -0.4 is 10.6 Å². The SMILES string of the molecule is CN=C(NCCC(=O)OC)NCc1ccc(COCC(F)(F)F)cc1. The highest BCUT2D eigenvalue weighted by molar-refractivity contribution is 5.80. The van der Waals surface area contributed by atoms with E-state index in [1.807, 2.05) is 0 Å². The third-order valence-corrected chi connectivity index (χ3v) is 3.09. The van der Waals surface area contributed by atoms with Crippen molar-refractivity contribution in [2.24, 2.45) is 4.99 Å². The van der Waals surface area contributed by atoms with Crippen molar-refractivity contribution in [3.63, 3.8) is 0 Å². The molecule has 6 nitrogen and oxygen atoms in total. The van der Waals surface area contributed by atoms with E-state index in [1.165, 1.54) is 7.11 Å². The Hall–Kier alpha value is -2.29. The number of carbonyl (C=O) groups is 1. The number of carbonyl (C=O) groups excluding carboxylic acids is 1. The van der Waals surface area contributed by atoms with E-state index in [9.17, 15) is 18.0 Å². The Morgan fingerprint density at radius 1 is 1.16 bits per heavy atom. The minimum Gasteiger partial charge on any atom is -0.469 e. The van der Waals surface area contributed by atoms with Gasteiger partial charge in [0, 0.05) is 20.1 Å². The van der Waals surface area contributed by atoms with Crippen molar-refractivity contribution in [3.05, 3.63) is 35.4 Å². The molecule has 0 atom stereocenters. The predicted octanol–water partition coefficient (Wildman–Crippen LogP) is 1.99. The molecule has 0 aliphatic rings. The number of hydrogen-bond donors (Lipinski definition) is 2. The van der Waals surface area contributed by atoms with Gasteiger partial charge in [-0.05, 0) is 11.1 Å². The van der Waals surface area contributed by atoms with E-state index in [1.54, 1.807) is 31.3 Å². The maximum atomic E-state index is 12.0. The number of ether oxygens (including phenoxy) is 2. The molecular formula is C16H22F3N3O3. The number of nitrogens with one attached hydrogen (secondary N) is 2. The Balaban J connectivity index is 2.35. The van der Waals surface area contributed by atoms with Crippen molar-refractivity contribution in [2.45, 2.75) is 25.7 Å². The van der Waals surface area contributed by atoms with E-state index in [2.05, 4.69) is 25.1 Å². The van der Waals surface area contributed by atoms with Crippen molar-refractivity contribution >= 4 is 11.9 Å². The summed E-state index contributed by atoms with van der Waals surface area (Å²) in [6.45, 7) is -0.489. The summed E-state index contributed by atoms with van der Waals surface area (Å²) in [5, 5.41) is 6.04. The van der Waals surface area contributed by atoms with Gasteiger partial charge in [-0.25, -0.2) is 0 Å². The first-order valence-electron chi connectivity index (χ1n) is 7.57. The molecule has 0 heterocycles. The minimum absolute atomic E-state index is 0.0933. The molecule has 9 heteroatoms. The number of guanidine groups is 1. The molecule has 0 saturated carbocycles. The van der Waals surface area contributed by atoms with Crippen LogP contribution in [-0.2, 0) is 27.4 Å². The van der Waals surface area contributed by atoms with Crippen LogP contribution in [0, 0.1) is 0 Å². The molecule has 1 aromatic rings. The number of methoxy groups -OCH3 is 1. The molecule has 2 N–H and O–H groups in total. The van der Waals surface area contributed by atoms with Gasteiger partial charge in [0.05, 0.1) is 20.1 Å². The summed E-state index contributed by atoms with van der Waals surface area (Å²) in [5.41, 5.74) is 1.59. The van der Waals surface area contributed by atoms with Crippen LogP contribution in [0.15, 0.2) is 29.3 Å². The van der Waals surface area contributed by atoms with Crippen LogP contribution in [0.3, 0.4) is 0 Å². The normalized spacial score (nSPS) is 12.0. The first kappa shape index (κ1) is 20.8. The van der Waals surface area contributed by atoms with Crippen LogP contribution in [0.5, 0.6) is 0 Å². The lowest BCUT2D eigenvalue weighted by Gasteiger charge is -2.12. The summed E-state index contributed by atoms with van der Waals surface area (Å²) in [7, 11) is 2.93. The van der Waals surface area contributed by atoms with E-state index >= 15 is 0 Å². The molecule has 0 spiro atoms. The van der Waals surface area contributed by atoms with Crippen LogP contribution >= 0.6 is 0 Å². The molecule has 0 bridgehead atoms. The average Bonchev–Trinajstić information content (AvgIpc) is 2.57. The Morgan fingerprint density at radius 2 is 1.80 bits per heavy atom. The fraction of sp³-hybridized carbons (Fsp3) is 0.500. The second-order valence-electron chi connectivity index (χ2n) is 5.10. The molecule has 0 fully saturated rings. The van der Waals surface area contributed by atoms with Crippen molar-refractivity contribution in [3.8, 4) is 0 Å². The number of benzene rings is 1. The Labute approximate surface area is 144 Å². The molecule has 0 amide bonds. The number of alkyl halides is 3. The van der Waals surface area contributed by atoms with Crippen LogP contribution in [0.25, 0.3) is 0 Å². The van der Waals surface area contributed by atoms with Crippen molar-refractivity contribution in [1.82, 2.24) is 10.6 Å². The predicted molar refractivity (Wildman–Crippen MR) is 87.0 cm³/mol. The molecule has 1 rings (SSSR count). The van der Waals surface area contributed by atoms with E-state index < -0.39 is 12.8 Å². The molecule has 0 aromatic heterocycles. The van der Waals surface area contributed by atoms with E-state index in [-0.39, 0.29) is 19.0 Å². The highest BCUT2D eigenvalue weighted by Crippen LogP contribution is 2.15. The number of aliphatic imine (C=N–C) groups is 1. The topological polar surface area (TPSA) is 72.0 Å². The lowest BCUT2D eigenvalue weighted by atomic mass is 10.1. The summed E-state index contributed by atoms with van der Waals surface area (Å²) in [6.07, 6.45) is -4.09. The largest absolute Gasteiger partial charge is 0.469 e. The number of nitrogens with zero attached hydrogens (tertiary/aromatic N) is 1. The standard InChI is InChI=1S/C16H22F3N3O3/c1-20-15(21-8-7-14(23)24-2)22-9-12-3-5-13(6-4-12)10-25-11-16(17,18)19/h3-6H,7-11H2,1-2H3,(H2,20,21,22). The van der Waals surface area contributed by atoms with Crippen LogP contribution in [0.2, 0.25) is 0 Å². The maximum absolute atomic E-state index is 12.0. The number of halogens is 3. The van der Waals surface area contributed by atoms with E-state index in [4.69, 9.17) is 0 Å². The molecular weight excluding hydrogens is 339 g/mol. The quantitative estimate of drug-likeness (QED) is 0.421. The van der Waals surface area contributed by atoms with Gasteiger partial charge in [0.15, 0.2) is 5.96 Å². The summed E-state index contributed by atoms with van der Waals surface area (Å²) in [6, 6.07) is 7.00. The summed E-state index contributed by atoms with van der Waals surface area (Å²) >= 11 is 0. The highest BCUT2D eigenvalue weighted by atomic mass is 19.4. The third-order valence-electron chi connectivity index (χ3n) is 3.09. The molecule has 0 aliphatic carbocycles. The molecule has 140 valence electrons. The smallest absolute Gasteiger partial charge is 0.411 e. The minimum atomic E-state index is -4.32. The zero-order valence-electron chi connectivity index (χ0n) is 14.2. The zero-order chi connectivity index (χ0) is 18.7. The Kier molecular flexibility index (Phi) is 8.76. The lowest BCUT2D eigenvalue weighted by molar-refractivity contribution is -0.176. The van der Waals surface area contributed by atoms with Crippen LogP contribution in [0.4, 0.5) is 13.2 Å². The van der Waals surface area contributed by atoms with Gasteiger partial charge in [0.2, 0.25) is 0 Å². The monoisotopic (exact) mass is 361 g/mol. The van der Waals surface area contributed by atoms with Gasteiger partial charge in [-0.3, -0.25) is 9.79 Å². The number of esters is 1. The van der Waals surface area contributed by atoms with Gasteiger partial charge >= 0.3 is 12.1 Å². The van der Waals surface area contributed by atoms with Gasteiger partial charge in [-0.1, -0.05) is 24.3 Å². The molecule has 0 aliphatic heterocycles. The van der Waals surface area contributed by atoms with Gasteiger partial charge in [-0.2, -0.15) is 13.2 Å². The summed E-state index contributed by atoms with van der Waals surface area (Å²) < 4.78 is 45.2. The van der Waals surface area contributed by atoms with Crippen molar-refractivity contribution < 1.29 is 27.4 Å². The molecule has 0 unspecified atom stereocenters. The molecule has 25 heavy (non-hydrogen) atoms. The second kappa shape index (κ2) is 10.5. The highest BCUT2D eigenvalue weighted by Gasteiger charge is 2.27. The van der Waals surface area contributed by atoms with Crippen LogP contribution in [-0.4, -0.2) is 45.4 Å². The first-order valence-corrected chi connectivity index (χ1v) is 7.57. The Bertz CT molecular complexity index is 560. The molecule has 1 aromatic carbocycles. The number of rotatable bonds is 8. The molecule has 0 radical (unpaired) electrons.